The zero-order valence-corrected chi connectivity index (χ0v) is 11.1. The number of unbranched alkanes of at least 4 members (excludes halogenated alkanes) is 1. The fraction of sp³-hybridized carbons (Fsp3) is 0.267. The second kappa shape index (κ2) is 6.11. The normalized spacial score (nSPS) is 10.2. The van der Waals surface area contributed by atoms with E-state index >= 15 is 0 Å². The summed E-state index contributed by atoms with van der Waals surface area (Å²) >= 11 is 0. The number of rotatable bonds is 4. The third-order valence-corrected chi connectivity index (χ3v) is 2.96. The van der Waals surface area contributed by atoms with Crippen LogP contribution in [0.1, 0.15) is 25.3 Å². The van der Waals surface area contributed by atoms with Crippen molar-refractivity contribution in [3.63, 3.8) is 0 Å². The summed E-state index contributed by atoms with van der Waals surface area (Å²) in [4.78, 5) is 12.0. The van der Waals surface area contributed by atoms with Gasteiger partial charge in [-0.3, -0.25) is 4.79 Å². The average Bonchev–Trinajstić information content (AvgIpc) is 2.47. The van der Waals surface area contributed by atoms with Gasteiger partial charge in [0.05, 0.1) is 5.69 Å². The molecule has 1 aromatic carbocycles. The van der Waals surface area contributed by atoms with Gasteiger partial charge in [-0.2, -0.15) is 10.4 Å². The van der Waals surface area contributed by atoms with E-state index in [4.69, 9.17) is 5.26 Å². The molecule has 0 spiro atoms. The molecule has 0 saturated heterocycles. The van der Waals surface area contributed by atoms with Crippen LogP contribution in [0.15, 0.2) is 35.1 Å². The summed E-state index contributed by atoms with van der Waals surface area (Å²) in [7, 11) is 0. The zero-order chi connectivity index (χ0) is 14.5. The Hall–Kier alpha value is -2.48. The minimum atomic E-state index is -0.383. The highest BCUT2D eigenvalue weighted by molar-refractivity contribution is 5.59. The van der Waals surface area contributed by atoms with Crippen molar-refractivity contribution < 1.29 is 4.39 Å². The predicted molar refractivity (Wildman–Crippen MR) is 73.5 cm³/mol. The second-order valence-electron chi connectivity index (χ2n) is 4.44. The van der Waals surface area contributed by atoms with Crippen LogP contribution in [0, 0.1) is 17.1 Å². The van der Waals surface area contributed by atoms with Gasteiger partial charge in [0.25, 0.3) is 5.56 Å². The van der Waals surface area contributed by atoms with Gasteiger partial charge in [-0.25, -0.2) is 9.07 Å². The molecule has 20 heavy (non-hydrogen) atoms. The van der Waals surface area contributed by atoms with Crippen molar-refractivity contribution in [2.24, 2.45) is 0 Å². The maximum Gasteiger partial charge on any atom is 0.284 e. The smallest absolute Gasteiger partial charge is 0.266 e. The van der Waals surface area contributed by atoms with Crippen LogP contribution in [0.4, 0.5) is 4.39 Å². The summed E-state index contributed by atoms with van der Waals surface area (Å²) in [5.74, 6) is -0.339. The summed E-state index contributed by atoms with van der Waals surface area (Å²) in [6, 6.07) is 9.13. The molecule has 0 fully saturated rings. The van der Waals surface area contributed by atoms with E-state index in [2.05, 4.69) is 5.10 Å². The first kappa shape index (κ1) is 13.9. The zero-order valence-electron chi connectivity index (χ0n) is 11.1. The minimum Gasteiger partial charge on any atom is -0.266 e. The minimum absolute atomic E-state index is 0.0513. The molecule has 0 radical (unpaired) electrons. The molecule has 2 aromatic rings. The molecular formula is C15H14FN3O. The van der Waals surface area contributed by atoms with Crippen molar-refractivity contribution in [3.05, 3.63) is 52.1 Å². The van der Waals surface area contributed by atoms with Crippen LogP contribution in [0.2, 0.25) is 0 Å². The highest BCUT2D eigenvalue weighted by Gasteiger charge is 2.09. The number of halogens is 1. The summed E-state index contributed by atoms with van der Waals surface area (Å²) in [5.41, 5.74) is 0.840. The first-order valence-corrected chi connectivity index (χ1v) is 6.44. The van der Waals surface area contributed by atoms with Gasteiger partial charge in [-0.05, 0) is 36.8 Å². The third kappa shape index (κ3) is 2.91. The molecule has 1 heterocycles. The van der Waals surface area contributed by atoms with E-state index in [-0.39, 0.29) is 16.9 Å². The highest BCUT2D eigenvalue weighted by atomic mass is 19.1. The molecule has 1 aromatic heterocycles. The molecule has 102 valence electrons. The Kier molecular flexibility index (Phi) is 4.26. The Balaban J connectivity index is 2.51. The fourth-order valence-electron chi connectivity index (χ4n) is 1.84. The van der Waals surface area contributed by atoms with Crippen molar-refractivity contribution in [1.29, 1.82) is 5.26 Å². The quantitative estimate of drug-likeness (QED) is 0.859. The Morgan fingerprint density at radius 1 is 1.35 bits per heavy atom. The Labute approximate surface area is 116 Å². The lowest BCUT2D eigenvalue weighted by atomic mass is 10.1. The lowest BCUT2D eigenvalue weighted by molar-refractivity contribution is 0.544. The number of nitriles is 1. The monoisotopic (exact) mass is 271 g/mol. The molecule has 2 rings (SSSR count). The Morgan fingerprint density at radius 3 is 2.65 bits per heavy atom. The van der Waals surface area contributed by atoms with Crippen molar-refractivity contribution in [1.82, 2.24) is 9.78 Å². The molecular weight excluding hydrogens is 257 g/mol. The number of aromatic nitrogens is 2. The molecule has 0 atom stereocenters. The van der Waals surface area contributed by atoms with Gasteiger partial charge >= 0.3 is 0 Å². The molecule has 0 aliphatic heterocycles. The molecule has 0 bridgehead atoms. The number of nitrogens with zero attached hydrogens (tertiary/aromatic N) is 3. The number of hydrogen-bond donors (Lipinski definition) is 0. The van der Waals surface area contributed by atoms with E-state index in [1.807, 2.05) is 13.0 Å². The SMILES string of the molecule is CCCCn1nc(-c2ccc(F)cc2)cc(C#N)c1=O. The molecule has 0 amide bonds. The van der Waals surface area contributed by atoms with Gasteiger partial charge in [-0.15, -0.1) is 0 Å². The van der Waals surface area contributed by atoms with Crippen LogP contribution in [0.5, 0.6) is 0 Å². The maximum absolute atomic E-state index is 12.9. The van der Waals surface area contributed by atoms with Gasteiger partial charge in [0.15, 0.2) is 0 Å². The fourth-order valence-corrected chi connectivity index (χ4v) is 1.84. The van der Waals surface area contributed by atoms with Crippen LogP contribution in [-0.2, 0) is 6.54 Å². The maximum atomic E-state index is 12.9. The summed E-state index contributed by atoms with van der Waals surface area (Å²) in [6.07, 6.45) is 1.74. The first-order valence-electron chi connectivity index (χ1n) is 6.44. The number of aryl methyl sites for hydroxylation is 1. The predicted octanol–water partition coefficient (Wildman–Crippen LogP) is 2.72. The van der Waals surface area contributed by atoms with Crippen LogP contribution in [-0.4, -0.2) is 9.78 Å². The lowest BCUT2D eigenvalue weighted by Gasteiger charge is -2.07. The van der Waals surface area contributed by atoms with Crippen LogP contribution >= 0.6 is 0 Å². The molecule has 0 saturated carbocycles. The summed E-state index contributed by atoms with van der Waals surface area (Å²) in [6.45, 7) is 2.49. The van der Waals surface area contributed by atoms with E-state index < -0.39 is 0 Å². The molecule has 0 unspecified atom stereocenters. The van der Waals surface area contributed by atoms with Crippen LogP contribution in [0.3, 0.4) is 0 Å². The van der Waals surface area contributed by atoms with Gasteiger partial charge in [-0.1, -0.05) is 13.3 Å². The van der Waals surface area contributed by atoms with E-state index in [0.717, 1.165) is 12.8 Å². The molecule has 5 heteroatoms. The molecule has 0 N–H and O–H groups in total. The van der Waals surface area contributed by atoms with E-state index in [1.54, 1.807) is 12.1 Å². The van der Waals surface area contributed by atoms with Crippen molar-refractivity contribution in [2.75, 3.05) is 0 Å². The number of hydrogen-bond acceptors (Lipinski definition) is 3. The first-order chi connectivity index (χ1) is 9.65. The van der Waals surface area contributed by atoms with Crippen molar-refractivity contribution in [3.8, 4) is 17.3 Å². The van der Waals surface area contributed by atoms with E-state index in [0.29, 0.717) is 17.8 Å². The summed E-state index contributed by atoms with van der Waals surface area (Å²) in [5, 5.41) is 13.3. The Morgan fingerprint density at radius 2 is 2.05 bits per heavy atom. The lowest BCUT2D eigenvalue weighted by Crippen LogP contribution is -2.25. The largest absolute Gasteiger partial charge is 0.284 e. The van der Waals surface area contributed by atoms with E-state index in [1.165, 1.54) is 22.9 Å². The van der Waals surface area contributed by atoms with Crippen molar-refractivity contribution in [2.45, 2.75) is 26.3 Å². The van der Waals surface area contributed by atoms with Crippen LogP contribution in [0.25, 0.3) is 11.3 Å². The standard InChI is InChI=1S/C15H14FN3O/c1-2-3-8-19-15(20)12(10-17)9-14(18-19)11-4-6-13(16)7-5-11/h4-7,9H,2-3,8H2,1H3. The van der Waals surface area contributed by atoms with Gasteiger partial charge in [0, 0.05) is 12.1 Å². The highest BCUT2D eigenvalue weighted by Crippen LogP contribution is 2.17. The van der Waals surface area contributed by atoms with Crippen molar-refractivity contribution >= 4 is 0 Å². The van der Waals surface area contributed by atoms with Gasteiger partial charge in [0.2, 0.25) is 0 Å². The topological polar surface area (TPSA) is 58.7 Å². The van der Waals surface area contributed by atoms with Crippen LogP contribution < -0.4 is 5.56 Å². The van der Waals surface area contributed by atoms with Gasteiger partial charge in [0.1, 0.15) is 17.4 Å². The number of benzene rings is 1. The molecule has 0 aliphatic carbocycles. The molecule has 0 aliphatic rings. The van der Waals surface area contributed by atoms with Gasteiger partial charge < -0.3 is 0 Å². The Bertz CT molecular complexity index is 699. The average molecular weight is 271 g/mol. The van der Waals surface area contributed by atoms with E-state index in [9.17, 15) is 9.18 Å². The second-order valence-corrected chi connectivity index (χ2v) is 4.44. The third-order valence-electron chi connectivity index (χ3n) is 2.96. The molecule has 4 nitrogen and oxygen atoms in total. The summed E-state index contributed by atoms with van der Waals surface area (Å²) < 4.78 is 14.2.